The van der Waals surface area contributed by atoms with E-state index in [1.165, 1.54) is 0 Å². The molecule has 0 radical (unpaired) electrons. The van der Waals surface area contributed by atoms with Crippen LogP contribution in [-0.2, 0) is 0 Å². The number of amides is 3. The largest absolute Gasteiger partial charge is 0.375 e. The maximum absolute atomic E-state index is 13.8. The van der Waals surface area contributed by atoms with Crippen molar-refractivity contribution in [3.8, 4) is 11.3 Å². The number of urea groups is 1. The van der Waals surface area contributed by atoms with Crippen LogP contribution in [0.25, 0.3) is 16.9 Å². The number of carbonyl (C=O) groups is 2. The Bertz CT molecular complexity index is 1230. The Balaban J connectivity index is 1.46. The Morgan fingerprint density at radius 2 is 2.00 bits per heavy atom. The fourth-order valence-electron chi connectivity index (χ4n) is 3.31. The highest BCUT2D eigenvalue weighted by molar-refractivity contribution is 7.80. The second-order valence-electron chi connectivity index (χ2n) is 7.65. The zero-order valence-electron chi connectivity index (χ0n) is 17.3. The van der Waals surface area contributed by atoms with Crippen LogP contribution in [0.15, 0.2) is 48.8 Å². The lowest BCUT2D eigenvalue weighted by molar-refractivity contribution is -0.0179. The highest BCUT2D eigenvalue weighted by Crippen LogP contribution is 2.42. The first kappa shape index (κ1) is 22.4. The van der Waals surface area contributed by atoms with Gasteiger partial charge in [-0.2, -0.15) is 0 Å². The van der Waals surface area contributed by atoms with Crippen molar-refractivity contribution in [1.82, 2.24) is 25.6 Å². The number of hydrazine groups is 1. The van der Waals surface area contributed by atoms with E-state index in [-0.39, 0.29) is 5.11 Å². The van der Waals surface area contributed by atoms with E-state index >= 15 is 0 Å². The second kappa shape index (κ2) is 8.98. The van der Waals surface area contributed by atoms with Gasteiger partial charge in [0.1, 0.15) is 5.65 Å². The van der Waals surface area contributed by atoms with Gasteiger partial charge in [0.15, 0.2) is 5.11 Å². The molecule has 3 aromatic rings. The molecule has 1 saturated carbocycles. The van der Waals surface area contributed by atoms with Crippen LogP contribution >= 0.6 is 12.2 Å². The normalized spacial score (nSPS) is 13.4. The monoisotopic (exact) mass is 473 g/mol. The molecule has 33 heavy (non-hydrogen) atoms. The van der Waals surface area contributed by atoms with Crippen LogP contribution in [0.2, 0.25) is 0 Å². The van der Waals surface area contributed by atoms with Gasteiger partial charge in [0.2, 0.25) is 0 Å². The number of hydrogen-bond acceptors (Lipinski definition) is 4. The van der Waals surface area contributed by atoms with Crippen molar-refractivity contribution in [2.45, 2.75) is 18.8 Å². The molecule has 6 N–H and O–H groups in total. The van der Waals surface area contributed by atoms with E-state index in [2.05, 4.69) is 38.7 Å². The number of nitrogens with zero attached hydrogens (tertiary/aromatic N) is 2. The molecule has 0 spiro atoms. The molecule has 172 valence electrons. The average molecular weight is 474 g/mol. The van der Waals surface area contributed by atoms with Gasteiger partial charge in [-0.05, 0) is 49.3 Å². The van der Waals surface area contributed by atoms with E-state index < -0.39 is 30.3 Å². The third-order valence-electron chi connectivity index (χ3n) is 5.15. The summed E-state index contributed by atoms with van der Waals surface area (Å²) in [6, 6.07) is 9.40. The summed E-state index contributed by atoms with van der Waals surface area (Å²) in [6.45, 7) is -0.695. The SMILES string of the molecule is NC(=S)NNC(=O)c1ccn2c(-c3cccc(NC(=O)NCC(F)(F)C4CC4)c3)cnc2c1. The number of alkyl halides is 2. The quantitative estimate of drug-likeness (QED) is 0.277. The summed E-state index contributed by atoms with van der Waals surface area (Å²) >= 11 is 4.65. The number of nitrogens with two attached hydrogens (primary N) is 1. The lowest BCUT2D eigenvalue weighted by Gasteiger charge is -2.16. The lowest BCUT2D eigenvalue weighted by Crippen LogP contribution is -2.44. The molecule has 0 bridgehead atoms. The first-order chi connectivity index (χ1) is 15.7. The van der Waals surface area contributed by atoms with E-state index in [1.54, 1.807) is 47.1 Å². The zero-order valence-corrected chi connectivity index (χ0v) is 18.1. The Kier molecular flexibility index (Phi) is 6.09. The van der Waals surface area contributed by atoms with Crippen molar-refractivity contribution in [2.24, 2.45) is 11.7 Å². The summed E-state index contributed by atoms with van der Waals surface area (Å²) < 4.78 is 29.3. The van der Waals surface area contributed by atoms with Gasteiger partial charge < -0.3 is 16.4 Å². The van der Waals surface area contributed by atoms with E-state index in [1.807, 2.05) is 6.07 Å². The first-order valence-electron chi connectivity index (χ1n) is 10.1. The maximum atomic E-state index is 13.8. The summed E-state index contributed by atoms with van der Waals surface area (Å²) in [7, 11) is 0. The van der Waals surface area contributed by atoms with Crippen molar-refractivity contribution < 1.29 is 18.4 Å². The van der Waals surface area contributed by atoms with E-state index in [0.717, 1.165) is 5.56 Å². The molecule has 0 saturated heterocycles. The fraction of sp³-hybridized carbons (Fsp3) is 0.238. The van der Waals surface area contributed by atoms with Crippen molar-refractivity contribution in [3.63, 3.8) is 0 Å². The Morgan fingerprint density at radius 1 is 1.21 bits per heavy atom. The number of imidazole rings is 1. The van der Waals surface area contributed by atoms with Gasteiger partial charge in [-0.3, -0.25) is 20.0 Å². The Labute approximate surface area is 192 Å². The molecule has 4 rings (SSSR count). The van der Waals surface area contributed by atoms with Crippen LogP contribution < -0.4 is 27.2 Å². The number of pyridine rings is 1. The minimum absolute atomic E-state index is 0.0636. The fourth-order valence-corrected chi connectivity index (χ4v) is 3.36. The van der Waals surface area contributed by atoms with Crippen LogP contribution in [0.4, 0.5) is 19.3 Å². The minimum Gasteiger partial charge on any atom is -0.375 e. The number of benzene rings is 1. The standard InChI is InChI=1S/C21H21F2N7O2S/c22-21(23,14-4-5-14)11-26-20(32)27-15-3-1-2-12(8-15)16-10-25-17-9-13(6-7-30(16)17)18(31)28-29-19(24)33/h1-3,6-10,14H,4-5,11H2,(H,28,31)(H3,24,29,33)(H2,26,27,32). The molecule has 9 nitrogen and oxygen atoms in total. The number of hydrogen-bond donors (Lipinski definition) is 5. The highest BCUT2D eigenvalue weighted by atomic mass is 32.1. The van der Waals surface area contributed by atoms with Gasteiger partial charge >= 0.3 is 6.03 Å². The number of aromatic nitrogens is 2. The molecule has 2 heterocycles. The predicted molar refractivity (Wildman–Crippen MR) is 123 cm³/mol. The Morgan fingerprint density at radius 3 is 2.73 bits per heavy atom. The average Bonchev–Trinajstić information content (AvgIpc) is 3.57. The van der Waals surface area contributed by atoms with Crippen molar-refractivity contribution in [1.29, 1.82) is 0 Å². The topological polar surface area (TPSA) is 126 Å². The van der Waals surface area contributed by atoms with Crippen molar-refractivity contribution in [3.05, 3.63) is 54.4 Å². The second-order valence-corrected chi connectivity index (χ2v) is 8.09. The molecule has 1 aliphatic rings. The number of thiocarbonyl (C=S) groups is 1. The summed E-state index contributed by atoms with van der Waals surface area (Å²) in [6.07, 6.45) is 4.28. The smallest absolute Gasteiger partial charge is 0.319 e. The molecule has 0 atom stereocenters. The summed E-state index contributed by atoms with van der Waals surface area (Å²) in [5.41, 5.74) is 12.8. The number of fused-ring (bicyclic) bond motifs is 1. The Hall–Kier alpha value is -3.80. The summed E-state index contributed by atoms with van der Waals surface area (Å²) in [5, 5.41) is 4.75. The third kappa shape index (κ3) is 5.34. The van der Waals surface area contributed by atoms with Crippen LogP contribution in [0, 0.1) is 5.92 Å². The third-order valence-corrected chi connectivity index (χ3v) is 5.25. The number of rotatable bonds is 6. The molecule has 1 aromatic carbocycles. The molecular formula is C21H21F2N7O2S. The van der Waals surface area contributed by atoms with Gasteiger partial charge in [0.05, 0.1) is 18.4 Å². The number of nitrogens with one attached hydrogen (secondary N) is 4. The van der Waals surface area contributed by atoms with Gasteiger partial charge in [-0.1, -0.05) is 12.1 Å². The number of halogens is 2. The van der Waals surface area contributed by atoms with Gasteiger partial charge in [-0.15, -0.1) is 0 Å². The molecule has 2 aromatic heterocycles. The molecule has 1 aliphatic carbocycles. The van der Waals surface area contributed by atoms with Crippen LogP contribution in [0.5, 0.6) is 0 Å². The molecule has 1 fully saturated rings. The molecule has 0 unspecified atom stereocenters. The zero-order chi connectivity index (χ0) is 23.6. The molecule has 3 amide bonds. The van der Waals surface area contributed by atoms with Gasteiger partial charge in [0, 0.05) is 28.9 Å². The van der Waals surface area contributed by atoms with Crippen LogP contribution in [-0.4, -0.2) is 38.9 Å². The molecular weight excluding hydrogens is 452 g/mol. The lowest BCUT2D eigenvalue weighted by atomic mass is 10.1. The number of carbonyl (C=O) groups excluding carboxylic acids is 2. The summed E-state index contributed by atoms with van der Waals surface area (Å²) in [5.74, 6) is -3.96. The maximum Gasteiger partial charge on any atom is 0.319 e. The molecule has 0 aliphatic heterocycles. The highest BCUT2D eigenvalue weighted by Gasteiger charge is 2.46. The van der Waals surface area contributed by atoms with Gasteiger partial charge in [0.25, 0.3) is 11.8 Å². The van der Waals surface area contributed by atoms with Crippen molar-refractivity contribution in [2.75, 3.05) is 11.9 Å². The van der Waals surface area contributed by atoms with Crippen LogP contribution in [0.1, 0.15) is 23.2 Å². The predicted octanol–water partition coefficient (Wildman–Crippen LogP) is 2.65. The van der Waals surface area contributed by atoms with E-state index in [9.17, 15) is 18.4 Å². The first-order valence-corrected chi connectivity index (χ1v) is 10.5. The van der Waals surface area contributed by atoms with Gasteiger partial charge in [-0.25, -0.2) is 18.6 Å². The van der Waals surface area contributed by atoms with Crippen molar-refractivity contribution >= 4 is 40.6 Å². The minimum atomic E-state index is -2.89. The summed E-state index contributed by atoms with van der Waals surface area (Å²) in [4.78, 5) is 28.6. The van der Waals surface area contributed by atoms with Crippen LogP contribution in [0.3, 0.4) is 0 Å². The van der Waals surface area contributed by atoms with E-state index in [0.29, 0.717) is 35.4 Å². The molecule has 12 heteroatoms. The number of anilines is 1. The van der Waals surface area contributed by atoms with E-state index in [4.69, 9.17) is 5.73 Å².